The zero-order valence-corrected chi connectivity index (χ0v) is 33.7. The average Bonchev–Trinajstić information content (AvgIpc) is 3.27. The van der Waals surface area contributed by atoms with Crippen LogP contribution in [0, 0.1) is 0 Å². The number of aliphatic carboxylic acids is 2. The van der Waals surface area contributed by atoms with Gasteiger partial charge in [-0.15, -0.1) is 0 Å². The minimum Gasteiger partial charge on any atom is -0.477 e. The van der Waals surface area contributed by atoms with E-state index in [2.05, 4.69) is 0 Å². The molecule has 4 rings (SSSR count). The second-order valence-electron chi connectivity index (χ2n) is 15.5. The van der Waals surface area contributed by atoms with Crippen LogP contribution in [0.25, 0.3) is 0 Å². The van der Waals surface area contributed by atoms with Crippen molar-refractivity contribution in [2.24, 2.45) is 0 Å². The Morgan fingerprint density at radius 2 is 1.12 bits per heavy atom. The maximum Gasteiger partial charge on any atom is 0.364 e. The smallest absolute Gasteiger partial charge is 0.364 e. The molecule has 4 aliphatic rings. The second-order valence-corrected chi connectivity index (χ2v) is 15.5. The number of aliphatic hydroxyl groups is 16. The van der Waals surface area contributed by atoms with Crippen LogP contribution in [-0.4, -0.2) is 289 Å². The highest BCUT2D eigenvalue weighted by Gasteiger charge is 2.62. The first kappa shape index (κ1) is 54.6. The first-order valence-electron chi connectivity index (χ1n) is 19.7. The molecule has 22 atom stereocenters. The molecule has 0 radical (unpaired) electrons. The van der Waals surface area contributed by atoms with Crippen molar-refractivity contribution in [2.75, 3.05) is 39.6 Å². The highest BCUT2D eigenvalue weighted by atomic mass is 16.8. The van der Waals surface area contributed by atoms with Crippen molar-refractivity contribution < 1.29 is 144 Å². The summed E-state index contributed by atoms with van der Waals surface area (Å²) in [5.74, 6) is -13.7. The molecule has 0 spiro atoms. The number of carbonyl (C=O) groups excluding carboxylic acids is 2. The Labute approximate surface area is 365 Å². The van der Waals surface area contributed by atoms with Crippen molar-refractivity contribution in [2.45, 2.75) is 147 Å². The first-order chi connectivity index (χ1) is 30.5. The van der Waals surface area contributed by atoms with Gasteiger partial charge < -0.3 is 136 Å². The van der Waals surface area contributed by atoms with Gasteiger partial charge in [0.1, 0.15) is 98.7 Å². The van der Waals surface area contributed by atoms with E-state index in [4.69, 9.17) is 33.2 Å². The van der Waals surface area contributed by atoms with E-state index < -0.39 is 210 Å². The zero-order valence-electron chi connectivity index (χ0n) is 33.7. The molecular weight excluding hydrogens is 900 g/mol. The Balaban J connectivity index is 1.73. The molecule has 0 bridgehead atoms. The van der Waals surface area contributed by atoms with Crippen molar-refractivity contribution >= 4 is 23.8 Å². The third kappa shape index (κ3) is 11.6. The van der Waals surface area contributed by atoms with Gasteiger partial charge in [0, 0.05) is 12.8 Å². The van der Waals surface area contributed by atoms with Crippen LogP contribution in [0.5, 0.6) is 0 Å². The molecule has 0 aromatic rings. The lowest BCUT2D eigenvalue weighted by Crippen LogP contribution is -2.72. The predicted octanol–water partition coefficient (Wildman–Crippen LogP) is -13.1. The Hall–Kier alpha value is -3.04. The van der Waals surface area contributed by atoms with E-state index in [0.717, 1.165) is 0 Å². The van der Waals surface area contributed by atoms with Crippen LogP contribution in [0.2, 0.25) is 0 Å². The molecule has 4 aliphatic heterocycles. The number of carboxylic acid groups (broad SMARTS) is 2. The van der Waals surface area contributed by atoms with Gasteiger partial charge in [0.2, 0.25) is 11.8 Å². The van der Waals surface area contributed by atoms with Crippen molar-refractivity contribution in [3.8, 4) is 0 Å². The number of ether oxygens (including phenoxy) is 7. The van der Waals surface area contributed by atoms with Crippen LogP contribution in [0.4, 0.5) is 0 Å². The minimum absolute atomic E-state index is 0.983. The molecule has 376 valence electrons. The lowest BCUT2D eigenvalue weighted by Gasteiger charge is -2.51. The maximum absolute atomic E-state index is 13.2. The lowest BCUT2D eigenvalue weighted by molar-refractivity contribution is -0.387. The quantitative estimate of drug-likeness (QED) is 0.0539. The third-order valence-electron chi connectivity index (χ3n) is 11.2. The first-order valence-corrected chi connectivity index (χ1v) is 19.7. The Morgan fingerprint density at radius 1 is 0.615 bits per heavy atom. The molecule has 65 heavy (non-hydrogen) atoms. The summed E-state index contributed by atoms with van der Waals surface area (Å²) in [5.41, 5.74) is 0. The molecule has 0 aromatic carbocycles. The third-order valence-corrected chi connectivity index (χ3v) is 11.2. The molecule has 0 saturated carbocycles. The summed E-state index contributed by atoms with van der Waals surface area (Å²) in [5, 5.41) is 192. The molecule has 4 saturated heterocycles. The fourth-order valence-corrected chi connectivity index (χ4v) is 7.75. The van der Waals surface area contributed by atoms with E-state index >= 15 is 0 Å². The van der Waals surface area contributed by atoms with E-state index in [-0.39, 0.29) is 0 Å². The molecule has 31 heteroatoms. The topological polar surface area (TPSA) is 521 Å². The molecular formula is C34H56N2O29. The average molecular weight is 957 g/mol. The van der Waals surface area contributed by atoms with E-state index in [1.54, 1.807) is 0 Å². The van der Waals surface area contributed by atoms with Gasteiger partial charge in [-0.25, -0.2) is 9.59 Å². The van der Waals surface area contributed by atoms with Gasteiger partial charge in [0.05, 0.1) is 50.7 Å². The summed E-state index contributed by atoms with van der Waals surface area (Å²) >= 11 is 0. The van der Waals surface area contributed by atoms with Crippen LogP contribution < -0.4 is 10.6 Å². The monoisotopic (exact) mass is 956 g/mol. The van der Waals surface area contributed by atoms with Crippen LogP contribution in [0.15, 0.2) is 0 Å². The van der Waals surface area contributed by atoms with E-state index in [0.29, 0.717) is 0 Å². The van der Waals surface area contributed by atoms with E-state index in [9.17, 15) is 111 Å². The van der Waals surface area contributed by atoms with Crippen LogP contribution in [0.1, 0.15) is 12.8 Å². The number of hydrogen-bond acceptors (Lipinski definition) is 27. The molecule has 0 aliphatic carbocycles. The van der Waals surface area contributed by atoms with E-state index in [1.807, 2.05) is 10.6 Å². The lowest BCUT2D eigenvalue weighted by atomic mass is 9.87. The summed E-state index contributed by atoms with van der Waals surface area (Å²) < 4.78 is 38.2. The van der Waals surface area contributed by atoms with Gasteiger partial charge in [0.25, 0.3) is 11.6 Å². The van der Waals surface area contributed by atoms with Crippen molar-refractivity contribution in [1.82, 2.24) is 10.6 Å². The highest BCUT2D eigenvalue weighted by Crippen LogP contribution is 2.40. The summed E-state index contributed by atoms with van der Waals surface area (Å²) in [7, 11) is 0. The number of aliphatic hydroxyl groups excluding tert-OH is 16. The summed E-state index contributed by atoms with van der Waals surface area (Å²) in [4.78, 5) is 50.6. The number of rotatable bonds is 20. The number of carboxylic acids is 2. The predicted molar refractivity (Wildman–Crippen MR) is 194 cm³/mol. The zero-order chi connectivity index (χ0) is 48.9. The Bertz CT molecular complexity index is 1600. The summed E-state index contributed by atoms with van der Waals surface area (Å²) in [6.45, 7) is -7.36. The summed E-state index contributed by atoms with van der Waals surface area (Å²) in [6.07, 6.45) is -42.2. The van der Waals surface area contributed by atoms with Gasteiger partial charge in [-0.2, -0.15) is 0 Å². The van der Waals surface area contributed by atoms with Gasteiger partial charge in [-0.1, -0.05) is 0 Å². The molecule has 0 unspecified atom stereocenters. The van der Waals surface area contributed by atoms with Crippen molar-refractivity contribution in [3.63, 3.8) is 0 Å². The van der Waals surface area contributed by atoms with Crippen LogP contribution >= 0.6 is 0 Å². The largest absolute Gasteiger partial charge is 0.477 e. The van der Waals surface area contributed by atoms with Gasteiger partial charge in [-0.3, -0.25) is 9.59 Å². The fourth-order valence-electron chi connectivity index (χ4n) is 7.75. The number of amides is 2. The second kappa shape index (κ2) is 22.8. The summed E-state index contributed by atoms with van der Waals surface area (Å²) in [6, 6.07) is -3.93. The SMILES string of the molecule is O=C(CO)N[C@H]1[C@H]([C@H](O)[C@H](O)CO)O[C@@](O[C@H](CO)[C@@H](O)[C@@H]2O[C@@](O[C@H]3[C@@H](O)[C@@H](CO)O[C@@H](O[C@H]4[C@H](O)[C@@H](O)[C@H](O)O[C@@H]4CO)[C@@H]3O)(C(=O)O)C[C@H](O)[C@H]2NC(=O)CO)(C(=O)O)C[C@@H]1O. The fraction of sp³-hybridized carbons (Fsp3) is 0.882. The van der Waals surface area contributed by atoms with Crippen LogP contribution in [0.3, 0.4) is 0 Å². The molecule has 2 amide bonds. The molecule has 0 aromatic heterocycles. The van der Waals surface area contributed by atoms with Crippen molar-refractivity contribution in [1.29, 1.82) is 0 Å². The number of nitrogens with one attached hydrogen (secondary N) is 2. The van der Waals surface area contributed by atoms with E-state index in [1.165, 1.54) is 0 Å². The minimum atomic E-state index is -3.42. The number of hydrogen-bond donors (Lipinski definition) is 20. The van der Waals surface area contributed by atoms with Crippen LogP contribution in [-0.2, 0) is 52.3 Å². The molecule has 4 heterocycles. The maximum atomic E-state index is 13.2. The number of carbonyl (C=O) groups is 4. The Kier molecular flexibility index (Phi) is 19.2. The molecule has 31 nitrogen and oxygen atoms in total. The van der Waals surface area contributed by atoms with Crippen molar-refractivity contribution in [3.05, 3.63) is 0 Å². The van der Waals surface area contributed by atoms with Gasteiger partial charge in [-0.05, 0) is 0 Å². The standard InChI is InChI=1S/C34H56N2O29/c37-3-11(45)19(48)26-17(35-15(46)7-41)9(43)1-33(63-26,31(55)56)62-13(5-39)21(50)27-18(36-16(47)8-42)10(44)2-34(64-27,32(57)58)65-28-20(49)12(4-38)60-30(24(28)53)61-25-14(6-40)59-29(54)23(52)22(25)51/h9-14,17-30,37-45,48-54H,1-8H2,(H,35,46)(H,36,47)(H,55,56)(H,57,58)/t9-,10-,11+,12+,13+,14+,17+,18+,19+,20-,21+,22+,23+,24+,25+,26+,27+,28-,29+,30-,33+,34-/m0/s1. The Morgan fingerprint density at radius 3 is 1.60 bits per heavy atom. The highest BCUT2D eigenvalue weighted by molar-refractivity contribution is 5.79. The van der Waals surface area contributed by atoms with Gasteiger partial charge in [0.15, 0.2) is 12.6 Å². The normalized spacial score (nSPS) is 42.0. The molecule has 20 N–H and O–H groups in total. The molecule has 4 fully saturated rings. The van der Waals surface area contributed by atoms with Gasteiger partial charge >= 0.3 is 11.9 Å².